The fraction of sp³-hybridized carbons (Fsp3) is 0.619. The van der Waals surface area contributed by atoms with Crippen LogP contribution in [0.15, 0.2) is 59.5 Å². The van der Waals surface area contributed by atoms with Crippen LogP contribution in [0.25, 0.3) is 0 Å². The largest absolute Gasteiger partial charge is 0.399 e. The van der Waals surface area contributed by atoms with Crippen molar-refractivity contribution in [3.8, 4) is 0 Å². The van der Waals surface area contributed by atoms with Gasteiger partial charge in [-0.2, -0.15) is 0 Å². The summed E-state index contributed by atoms with van der Waals surface area (Å²) in [6.07, 6.45) is 0.309. The zero-order valence-corrected chi connectivity index (χ0v) is 36.4. The van der Waals surface area contributed by atoms with Crippen LogP contribution in [0.2, 0.25) is 0 Å². The molecule has 1 aliphatic rings. The lowest BCUT2D eigenvalue weighted by molar-refractivity contribution is -0.147. The van der Waals surface area contributed by atoms with Crippen LogP contribution in [0.4, 0.5) is 5.69 Å². The van der Waals surface area contributed by atoms with Crippen LogP contribution in [-0.4, -0.2) is 113 Å². The molecule has 2 aromatic carbocycles. The lowest BCUT2D eigenvalue weighted by Gasteiger charge is -2.41. The number of anilines is 1. The first kappa shape index (κ1) is 47.3. The molecular formula is C42H66N6O8S. The first-order valence-corrected chi connectivity index (χ1v) is 21.3. The topological polar surface area (TPSA) is 189 Å². The summed E-state index contributed by atoms with van der Waals surface area (Å²) >= 11 is 0. The average molecular weight is 815 g/mol. The number of methoxy groups -OCH3 is 2. The smallest absolute Gasteiger partial charge is 0.264 e. The van der Waals surface area contributed by atoms with Crippen LogP contribution < -0.4 is 21.1 Å². The Morgan fingerprint density at radius 1 is 0.965 bits per heavy atom. The van der Waals surface area contributed by atoms with Crippen molar-refractivity contribution < 1.29 is 37.1 Å². The highest BCUT2D eigenvalue weighted by molar-refractivity contribution is 7.90. The summed E-state index contributed by atoms with van der Waals surface area (Å²) in [5, 5.41) is 6.22. The molecule has 0 aromatic heterocycles. The zero-order valence-electron chi connectivity index (χ0n) is 35.6. The molecule has 14 nitrogen and oxygen atoms in total. The van der Waals surface area contributed by atoms with E-state index in [1.807, 2.05) is 71.9 Å². The summed E-state index contributed by atoms with van der Waals surface area (Å²) in [5.74, 6) is -2.87. The van der Waals surface area contributed by atoms with Crippen LogP contribution in [0, 0.1) is 17.8 Å². The van der Waals surface area contributed by atoms with Gasteiger partial charge in [-0.1, -0.05) is 85.2 Å². The van der Waals surface area contributed by atoms with E-state index >= 15 is 0 Å². The molecule has 0 radical (unpaired) electrons. The minimum atomic E-state index is -4.18. The van der Waals surface area contributed by atoms with Crippen LogP contribution in [0.1, 0.15) is 79.7 Å². The van der Waals surface area contributed by atoms with Gasteiger partial charge in [-0.15, -0.1) is 0 Å². The standard InChI is InChI=1S/C42H66N6O8S/c1-12-27(4)36(47(9)41(52)35(26(2)3)45-40(51)38(44-8)42(6,7)29-17-14-13-15-18-29)33(55-10)25-34(49)48-24-16-19-32(48)37(56-11)28(5)39(50)46-57(53,54)31-22-20-30(43)21-23-31/h13-15,17-18,20-23,26-28,32-33,35-38,44H,12,16,19,24-25,43H2,1-11H3,(H,45,51)(H,46,50)/t27-,28+,32-,33-,35-,36-,37+,38+/m0/s1. The summed E-state index contributed by atoms with van der Waals surface area (Å²) < 4.78 is 39.9. The van der Waals surface area contributed by atoms with Crippen molar-refractivity contribution in [2.45, 2.75) is 121 Å². The number of likely N-dealkylation sites (tertiary alicyclic amines) is 1. The molecule has 1 saturated heterocycles. The normalized spacial score (nSPS) is 18.5. The summed E-state index contributed by atoms with van der Waals surface area (Å²) in [6, 6.07) is 12.7. The molecule has 0 spiro atoms. The maximum Gasteiger partial charge on any atom is 0.264 e. The van der Waals surface area contributed by atoms with Crippen LogP contribution in [0.5, 0.6) is 0 Å². The van der Waals surface area contributed by atoms with Gasteiger partial charge < -0.3 is 35.6 Å². The van der Waals surface area contributed by atoms with E-state index in [9.17, 15) is 27.6 Å². The summed E-state index contributed by atoms with van der Waals surface area (Å²) in [7, 11) is 2.20. The molecule has 0 bridgehead atoms. The predicted molar refractivity (Wildman–Crippen MR) is 221 cm³/mol. The van der Waals surface area contributed by atoms with Crippen molar-refractivity contribution in [1.29, 1.82) is 0 Å². The van der Waals surface area contributed by atoms with E-state index in [1.54, 1.807) is 30.8 Å². The van der Waals surface area contributed by atoms with Crippen molar-refractivity contribution >= 4 is 39.3 Å². The van der Waals surface area contributed by atoms with Gasteiger partial charge in [0.1, 0.15) is 6.04 Å². The second kappa shape index (κ2) is 20.6. The van der Waals surface area contributed by atoms with Gasteiger partial charge in [0.15, 0.2) is 0 Å². The van der Waals surface area contributed by atoms with E-state index in [2.05, 4.69) is 15.4 Å². The Kier molecular flexibility index (Phi) is 17.1. The number of likely N-dealkylation sites (N-methyl/N-ethyl adjacent to an activating group) is 2. The second-order valence-corrected chi connectivity index (χ2v) is 17.9. The number of benzene rings is 2. The third-order valence-corrected chi connectivity index (χ3v) is 13.1. The highest BCUT2D eigenvalue weighted by Gasteiger charge is 2.44. The predicted octanol–water partition coefficient (Wildman–Crippen LogP) is 3.70. The number of nitrogen functional groups attached to an aromatic ring is 1. The Hall–Kier alpha value is -4.05. The lowest BCUT2D eigenvalue weighted by Crippen LogP contribution is -2.61. The first-order valence-electron chi connectivity index (χ1n) is 19.8. The monoisotopic (exact) mass is 814 g/mol. The van der Waals surface area contributed by atoms with Gasteiger partial charge in [0.05, 0.1) is 47.6 Å². The maximum absolute atomic E-state index is 14.4. The van der Waals surface area contributed by atoms with Gasteiger partial charge in [-0.05, 0) is 61.6 Å². The Morgan fingerprint density at radius 2 is 1.58 bits per heavy atom. The number of nitrogens with one attached hydrogen (secondary N) is 3. The Labute approximate surface area is 340 Å². The average Bonchev–Trinajstić information content (AvgIpc) is 3.66. The van der Waals surface area contributed by atoms with E-state index < -0.39 is 63.6 Å². The van der Waals surface area contributed by atoms with E-state index in [-0.39, 0.29) is 40.9 Å². The van der Waals surface area contributed by atoms with Crippen LogP contribution in [0.3, 0.4) is 0 Å². The number of sulfonamides is 1. The van der Waals surface area contributed by atoms with Gasteiger partial charge in [-0.25, -0.2) is 13.1 Å². The number of carbonyl (C=O) groups is 4. The third-order valence-electron chi connectivity index (χ3n) is 11.7. The zero-order chi connectivity index (χ0) is 42.8. The quantitative estimate of drug-likeness (QED) is 0.144. The summed E-state index contributed by atoms with van der Waals surface area (Å²) in [6.45, 7) is 13.8. The molecule has 3 rings (SSSR count). The molecule has 0 saturated carbocycles. The number of nitrogens with zero attached hydrogens (tertiary/aromatic N) is 2. The molecule has 5 N–H and O–H groups in total. The van der Waals surface area contributed by atoms with Gasteiger partial charge >= 0.3 is 0 Å². The number of carbonyl (C=O) groups excluding carboxylic acids is 4. The third kappa shape index (κ3) is 11.3. The fourth-order valence-corrected chi connectivity index (χ4v) is 9.12. The molecule has 318 valence electrons. The van der Waals surface area contributed by atoms with Crippen LogP contribution in [-0.2, 0) is 44.1 Å². The van der Waals surface area contributed by atoms with Crippen molar-refractivity contribution in [2.24, 2.45) is 17.8 Å². The number of nitrogens with two attached hydrogens (primary N) is 1. The lowest BCUT2D eigenvalue weighted by atomic mass is 9.77. The number of amides is 4. The molecule has 8 atom stereocenters. The highest BCUT2D eigenvalue weighted by atomic mass is 32.2. The minimum Gasteiger partial charge on any atom is -0.399 e. The van der Waals surface area contributed by atoms with Gasteiger partial charge in [0.2, 0.25) is 23.6 Å². The minimum absolute atomic E-state index is 0.0616. The second-order valence-electron chi connectivity index (χ2n) is 16.2. The van der Waals surface area contributed by atoms with Crippen molar-refractivity contribution in [2.75, 3.05) is 40.6 Å². The number of hydrogen-bond donors (Lipinski definition) is 4. The number of hydrogen-bond acceptors (Lipinski definition) is 10. The fourth-order valence-electron chi connectivity index (χ4n) is 8.06. The van der Waals surface area contributed by atoms with Crippen molar-refractivity contribution in [3.63, 3.8) is 0 Å². The van der Waals surface area contributed by atoms with E-state index in [0.717, 1.165) is 5.56 Å². The molecule has 57 heavy (non-hydrogen) atoms. The first-order chi connectivity index (χ1) is 26.8. The SMILES string of the molecule is CC[C@H](C)[C@@H]([C@H](CC(=O)N1CCC[C@H]1[C@H](OC)[C@@H](C)C(=O)NS(=O)(=O)c1ccc(N)cc1)OC)N(C)C(=O)[C@@H](NC(=O)[C@@H](NC)C(C)(C)c1ccccc1)C(C)C. The Morgan fingerprint density at radius 3 is 2.11 bits per heavy atom. The van der Waals surface area contributed by atoms with E-state index in [4.69, 9.17) is 15.2 Å². The molecule has 0 aliphatic carbocycles. The molecule has 4 amide bonds. The molecule has 1 aliphatic heterocycles. The molecule has 0 unspecified atom stereocenters. The van der Waals surface area contributed by atoms with Crippen molar-refractivity contribution in [3.05, 3.63) is 60.2 Å². The van der Waals surface area contributed by atoms with E-state index in [1.165, 1.54) is 38.5 Å². The summed E-state index contributed by atoms with van der Waals surface area (Å²) in [4.78, 5) is 59.1. The molecule has 1 heterocycles. The Balaban J connectivity index is 1.81. The van der Waals surface area contributed by atoms with Crippen LogP contribution >= 0.6 is 0 Å². The summed E-state index contributed by atoms with van der Waals surface area (Å²) in [5.41, 5.74) is 6.46. The number of rotatable bonds is 20. The van der Waals surface area contributed by atoms with Gasteiger partial charge in [0.25, 0.3) is 10.0 Å². The molecule has 1 fully saturated rings. The Bertz CT molecular complexity index is 1760. The highest BCUT2D eigenvalue weighted by Crippen LogP contribution is 2.31. The van der Waals surface area contributed by atoms with Gasteiger partial charge in [-0.3, -0.25) is 19.2 Å². The molecule has 15 heteroatoms. The van der Waals surface area contributed by atoms with Crippen molar-refractivity contribution in [1.82, 2.24) is 25.2 Å². The van der Waals surface area contributed by atoms with Gasteiger partial charge in [0, 0.05) is 38.9 Å². The number of ether oxygens (including phenoxy) is 2. The molecular weight excluding hydrogens is 749 g/mol. The van der Waals surface area contributed by atoms with E-state index in [0.29, 0.717) is 31.5 Å². The maximum atomic E-state index is 14.4. The molecule has 2 aromatic rings.